The maximum atomic E-state index is 5.74. The molecule has 100 valence electrons. The van der Waals surface area contributed by atoms with E-state index in [1.807, 2.05) is 31.6 Å². The lowest BCUT2D eigenvalue weighted by Gasteiger charge is -2.12. The van der Waals surface area contributed by atoms with Crippen molar-refractivity contribution in [2.45, 2.75) is 19.9 Å². The molecule has 4 nitrogen and oxygen atoms in total. The minimum absolute atomic E-state index is 0.431. The topological polar surface area (TPSA) is 55.9 Å². The molecule has 2 aromatic rings. The maximum Gasteiger partial charge on any atom is 0.106 e. The van der Waals surface area contributed by atoms with Crippen molar-refractivity contribution in [1.82, 2.24) is 9.55 Å². The van der Waals surface area contributed by atoms with Gasteiger partial charge in [0.2, 0.25) is 0 Å². The van der Waals surface area contributed by atoms with Crippen LogP contribution in [0.25, 0.3) is 0 Å². The summed E-state index contributed by atoms with van der Waals surface area (Å²) in [5.74, 6) is 0. The van der Waals surface area contributed by atoms with Crippen molar-refractivity contribution in [3.05, 3.63) is 48.0 Å². The summed E-state index contributed by atoms with van der Waals surface area (Å²) in [6.07, 6.45) is 6.60. The predicted molar refractivity (Wildman–Crippen MR) is 82.4 cm³/mol. The van der Waals surface area contributed by atoms with Gasteiger partial charge in [0.15, 0.2) is 0 Å². The zero-order chi connectivity index (χ0) is 13.7. The number of hydrogen-bond acceptors (Lipinski definition) is 3. The lowest BCUT2D eigenvalue weighted by Crippen LogP contribution is -2.14. The van der Waals surface area contributed by atoms with Crippen LogP contribution in [0.4, 0.5) is 5.69 Å². The SMILES string of the molecule is Cc1ccc(NCCCn2ccnc2)c(C(N)=S)c1. The van der Waals surface area contributed by atoms with Crippen molar-refractivity contribution in [3.8, 4) is 0 Å². The summed E-state index contributed by atoms with van der Waals surface area (Å²) in [5, 5.41) is 3.38. The summed E-state index contributed by atoms with van der Waals surface area (Å²) in [7, 11) is 0. The fraction of sp³-hybridized carbons (Fsp3) is 0.286. The van der Waals surface area contributed by atoms with E-state index in [1.165, 1.54) is 0 Å². The quantitative estimate of drug-likeness (QED) is 0.627. The highest BCUT2D eigenvalue weighted by atomic mass is 32.1. The molecule has 0 aliphatic carbocycles. The normalized spacial score (nSPS) is 10.4. The molecule has 3 N–H and O–H groups in total. The third-order valence-corrected chi connectivity index (χ3v) is 3.13. The van der Waals surface area contributed by atoms with Gasteiger partial charge in [0.05, 0.1) is 6.33 Å². The molecule has 0 spiro atoms. The first-order chi connectivity index (χ1) is 9.16. The first-order valence-electron chi connectivity index (χ1n) is 6.27. The summed E-state index contributed by atoms with van der Waals surface area (Å²) in [4.78, 5) is 4.45. The molecule has 0 atom stereocenters. The van der Waals surface area contributed by atoms with Crippen molar-refractivity contribution in [2.75, 3.05) is 11.9 Å². The summed E-state index contributed by atoms with van der Waals surface area (Å²) >= 11 is 5.08. The third kappa shape index (κ3) is 3.79. The van der Waals surface area contributed by atoms with Crippen LogP contribution in [0.3, 0.4) is 0 Å². The van der Waals surface area contributed by atoms with E-state index in [0.29, 0.717) is 4.99 Å². The molecule has 0 saturated heterocycles. The molecular weight excluding hydrogens is 256 g/mol. The van der Waals surface area contributed by atoms with Gasteiger partial charge in [-0.25, -0.2) is 4.98 Å². The average Bonchev–Trinajstić information content (AvgIpc) is 2.89. The third-order valence-electron chi connectivity index (χ3n) is 2.91. The molecule has 2 rings (SSSR count). The van der Waals surface area contributed by atoms with Crippen LogP contribution in [0.1, 0.15) is 17.5 Å². The van der Waals surface area contributed by atoms with Crippen LogP contribution in [0, 0.1) is 6.92 Å². The van der Waals surface area contributed by atoms with Gasteiger partial charge >= 0.3 is 0 Å². The number of nitrogens with zero attached hydrogens (tertiary/aromatic N) is 2. The Kier molecular flexibility index (Phi) is 4.52. The molecule has 0 fully saturated rings. The number of aromatic nitrogens is 2. The number of benzene rings is 1. The van der Waals surface area contributed by atoms with Gasteiger partial charge in [0.1, 0.15) is 4.99 Å². The Morgan fingerprint density at radius 1 is 1.47 bits per heavy atom. The van der Waals surface area contributed by atoms with Crippen LogP contribution in [-0.2, 0) is 6.54 Å². The molecule has 1 aromatic carbocycles. The molecule has 19 heavy (non-hydrogen) atoms. The standard InChI is InChI=1S/C14H18N4S/c1-11-3-4-13(12(9-11)14(15)19)17-5-2-7-18-8-6-16-10-18/h3-4,6,8-10,17H,2,5,7H2,1H3,(H2,15,19). The van der Waals surface area contributed by atoms with E-state index in [0.717, 1.165) is 36.3 Å². The highest BCUT2D eigenvalue weighted by molar-refractivity contribution is 7.80. The van der Waals surface area contributed by atoms with Gasteiger partial charge in [0.25, 0.3) is 0 Å². The van der Waals surface area contributed by atoms with E-state index >= 15 is 0 Å². The Balaban J connectivity index is 1.90. The van der Waals surface area contributed by atoms with Crippen LogP contribution < -0.4 is 11.1 Å². The molecule has 1 aromatic heterocycles. The second-order valence-corrected chi connectivity index (χ2v) is 4.93. The molecule has 0 radical (unpaired) electrons. The van der Waals surface area contributed by atoms with Crippen molar-refractivity contribution < 1.29 is 0 Å². The van der Waals surface area contributed by atoms with Gasteiger partial charge in [-0.05, 0) is 25.5 Å². The number of anilines is 1. The largest absolute Gasteiger partial charge is 0.389 e. The van der Waals surface area contributed by atoms with Crippen LogP contribution in [-0.4, -0.2) is 21.1 Å². The highest BCUT2D eigenvalue weighted by Gasteiger charge is 2.04. The second-order valence-electron chi connectivity index (χ2n) is 4.49. The summed E-state index contributed by atoms with van der Waals surface area (Å²) in [5.41, 5.74) is 8.82. The first-order valence-corrected chi connectivity index (χ1v) is 6.67. The zero-order valence-electron chi connectivity index (χ0n) is 11.0. The number of nitrogens with two attached hydrogens (primary N) is 1. The van der Waals surface area contributed by atoms with E-state index in [-0.39, 0.29) is 0 Å². The molecule has 0 amide bonds. The van der Waals surface area contributed by atoms with Crippen molar-refractivity contribution in [2.24, 2.45) is 5.73 Å². The molecule has 0 aliphatic rings. The molecule has 1 heterocycles. The highest BCUT2D eigenvalue weighted by Crippen LogP contribution is 2.17. The number of nitrogens with one attached hydrogen (secondary N) is 1. The predicted octanol–water partition coefficient (Wildman–Crippen LogP) is 2.33. The van der Waals surface area contributed by atoms with Gasteiger partial charge in [0, 0.05) is 36.7 Å². The Morgan fingerprint density at radius 2 is 2.32 bits per heavy atom. The van der Waals surface area contributed by atoms with Gasteiger partial charge in [-0.3, -0.25) is 0 Å². The lowest BCUT2D eigenvalue weighted by atomic mass is 10.1. The number of thiocarbonyl (C=S) groups is 1. The number of imidazole rings is 1. The van der Waals surface area contributed by atoms with Crippen LogP contribution in [0.5, 0.6) is 0 Å². The Hall–Kier alpha value is -1.88. The first kappa shape index (κ1) is 13.5. The van der Waals surface area contributed by atoms with Gasteiger partial charge in [-0.1, -0.05) is 23.8 Å². The van der Waals surface area contributed by atoms with Gasteiger partial charge in [-0.2, -0.15) is 0 Å². The van der Waals surface area contributed by atoms with Crippen molar-refractivity contribution >= 4 is 22.9 Å². The fourth-order valence-corrected chi connectivity index (χ4v) is 2.09. The molecule has 0 bridgehead atoms. The molecular formula is C14H18N4S. The summed E-state index contributed by atoms with van der Waals surface area (Å²) < 4.78 is 2.06. The van der Waals surface area contributed by atoms with E-state index in [9.17, 15) is 0 Å². The van der Waals surface area contributed by atoms with Crippen molar-refractivity contribution in [3.63, 3.8) is 0 Å². The monoisotopic (exact) mass is 274 g/mol. The second kappa shape index (κ2) is 6.33. The summed E-state index contributed by atoms with van der Waals surface area (Å²) in [6.45, 7) is 3.85. The van der Waals surface area contributed by atoms with Crippen LogP contribution >= 0.6 is 12.2 Å². The molecule has 0 unspecified atom stereocenters. The fourth-order valence-electron chi connectivity index (χ4n) is 1.92. The minimum atomic E-state index is 0.431. The Labute approximate surface area is 118 Å². The van der Waals surface area contributed by atoms with E-state index < -0.39 is 0 Å². The number of aryl methyl sites for hydroxylation is 2. The van der Waals surface area contributed by atoms with E-state index in [2.05, 4.69) is 20.9 Å². The number of hydrogen-bond donors (Lipinski definition) is 2. The Bertz CT molecular complexity index is 549. The molecule has 0 aliphatic heterocycles. The van der Waals surface area contributed by atoms with E-state index in [1.54, 1.807) is 6.20 Å². The average molecular weight is 274 g/mol. The minimum Gasteiger partial charge on any atom is -0.389 e. The van der Waals surface area contributed by atoms with Gasteiger partial charge in [-0.15, -0.1) is 0 Å². The maximum absolute atomic E-state index is 5.74. The lowest BCUT2D eigenvalue weighted by molar-refractivity contribution is 0.661. The zero-order valence-corrected chi connectivity index (χ0v) is 11.8. The number of rotatable bonds is 6. The smallest absolute Gasteiger partial charge is 0.106 e. The van der Waals surface area contributed by atoms with Crippen LogP contribution in [0.15, 0.2) is 36.9 Å². The van der Waals surface area contributed by atoms with Crippen molar-refractivity contribution in [1.29, 1.82) is 0 Å². The molecule has 5 heteroatoms. The Morgan fingerprint density at radius 3 is 3.00 bits per heavy atom. The van der Waals surface area contributed by atoms with Crippen LogP contribution in [0.2, 0.25) is 0 Å². The van der Waals surface area contributed by atoms with E-state index in [4.69, 9.17) is 18.0 Å². The summed E-state index contributed by atoms with van der Waals surface area (Å²) in [6, 6.07) is 6.10. The molecule has 0 saturated carbocycles. The van der Waals surface area contributed by atoms with Gasteiger partial charge < -0.3 is 15.6 Å².